The summed E-state index contributed by atoms with van der Waals surface area (Å²) >= 11 is 0. The molecule has 0 aromatic heterocycles. The molecule has 8 heteroatoms. The normalized spacial score (nSPS) is 30.2. The minimum absolute atomic E-state index is 0.197. The van der Waals surface area contributed by atoms with Crippen molar-refractivity contribution < 1.29 is 0 Å². The highest BCUT2D eigenvalue weighted by Gasteiger charge is 2.51. The van der Waals surface area contributed by atoms with Gasteiger partial charge in [-0.1, -0.05) is 97.1 Å². The number of rotatable bonds is 0. The third-order valence-electron chi connectivity index (χ3n) is 9.43. The number of nitrogens with zero attached hydrogens (tertiary/aromatic N) is 8. The minimum atomic E-state index is -0.332. The Morgan fingerprint density at radius 2 is 0.667 bits per heavy atom. The molecule has 4 aromatic carbocycles. The van der Waals surface area contributed by atoms with Crippen LogP contribution < -0.4 is 0 Å². The van der Waals surface area contributed by atoms with Gasteiger partial charge in [-0.15, -0.1) is 0 Å². The zero-order chi connectivity index (χ0) is 27.7. The van der Waals surface area contributed by atoms with Gasteiger partial charge in [0, 0.05) is 58.6 Å². The fourth-order valence-corrected chi connectivity index (χ4v) is 7.52. The van der Waals surface area contributed by atoms with E-state index in [1.165, 1.54) is 11.1 Å². The predicted molar refractivity (Wildman–Crippen MR) is 162 cm³/mol. The van der Waals surface area contributed by atoms with Crippen LogP contribution >= 0.6 is 0 Å². The van der Waals surface area contributed by atoms with E-state index in [2.05, 4.69) is 131 Å². The van der Waals surface area contributed by atoms with Gasteiger partial charge in [0.05, 0.1) is 0 Å². The molecule has 0 N–H and O–H groups in total. The summed E-state index contributed by atoms with van der Waals surface area (Å²) in [5.41, 5.74) is 9.05. The van der Waals surface area contributed by atoms with Crippen molar-refractivity contribution in [1.29, 1.82) is 0 Å². The van der Waals surface area contributed by atoms with Gasteiger partial charge in [-0.05, 0) is 0 Å². The number of hydrogen-bond donors (Lipinski definition) is 0. The van der Waals surface area contributed by atoms with Crippen LogP contribution in [0.15, 0.2) is 117 Å². The van der Waals surface area contributed by atoms with E-state index in [0.29, 0.717) is 0 Å². The smallest absolute Gasteiger partial charge is 0.170 e. The molecule has 6 aliphatic heterocycles. The second-order valence-corrected chi connectivity index (χ2v) is 11.6. The van der Waals surface area contributed by atoms with Crippen LogP contribution in [0.25, 0.3) is 0 Å². The molecule has 0 spiro atoms. The molecule has 0 aliphatic carbocycles. The molecule has 0 radical (unpaired) electrons. The SMILES string of the molecule is CN1/C2=N\C3c4ccccc4/C4=N/C5c6ccccc6/C(=N/C6c7ccccc7/C(=N/C1c1ccccc12)N6N43)N5C. The molecule has 0 saturated carbocycles. The van der Waals surface area contributed by atoms with Gasteiger partial charge < -0.3 is 9.80 Å². The lowest BCUT2D eigenvalue weighted by atomic mass is 10.1. The Hall–Kier alpha value is -5.24. The Bertz CT molecular complexity index is 1850. The molecule has 10 rings (SSSR count). The van der Waals surface area contributed by atoms with E-state index in [1.807, 2.05) is 0 Å². The maximum absolute atomic E-state index is 5.56. The van der Waals surface area contributed by atoms with Crippen molar-refractivity contribution in [2.24, 2.45) is 20.0 Å². The van der Waals surface area contributed by atoms with Gasteiger partial charge in [0.1, 0.15) is 11.7 Å². The molecular weight excluding hydrogens is 520 g/mol. The van der Waals surface area contributed by atoms with E-state index in [0.717, 1.165) is 56.7 Å². The number of benzene rings is 4. The molecule has 8 nitrogen and oxygen atoms in total. The van der Waals surface area contributed by atoms with Gasteiger partial charge >= 0.3 is 0 Å². The zero-order valence-electron chi connectivity index (χ0n) is 23.1. The van der Waals surface area contributed by atoms with Gasteiger partial charge in [-0.2, -0.15) is 0 Å². The monoisotopic (exact) mass is 546 g/mol. The standard InChI is InChI=1S/C34H26N8/c1-39-27-19-11-3-4-12-20(19)28(39)36-32-24-16-8-10-18-26(24)34-38-30-22-14-6-5-13-21(22)29(40(30)2)37-33-25-17-9-7-15-23(25)31(35-27)41(33)42(32)34/h3-18,27,30,32-33H,1-2H3/b35-31-,36-28-,37-29-,38-34-. The summed E-state index contributed by atoms with van der Waals surface area (Å²) in [4.78, 5) is 26.7. The number of aliphatic imine (C=N–C) groups is 4. The number of fused-ring (bicyclic) bond motifs is 16. The van der Waals surface area contributed by atoms with Crippen molar-refractivity contribution in [2.45, 2.75) is 24.7 Å². The first kappa shape index (κ1) is 22.4. The zero-order valence-corrected chi connectivity index (χ0v) is 23.1. The Kier molecular flexibility index (Phi) is 4.13. The Morgan fingerprint density at radius 1 is 0.381 bits per heavy atom. The van der Waals surface area contributed by atoms with Gasteiger partial charge in [0.15, 0.2) is 36.3 Å². The molecule has 4 bridgehead atoms. The van der Waals surface area contributed by atoms with Crippen molar-refractivity contribution in [3.8, 4) is 0 Å². The van der Waals surface area contributed by atoms with Crippen LogP contribution in [0, 0.1) is 0 Å². The van der Waals surface area contributed by atoms with Crippen LogP contribution in [0.4, 0.5) is 0 Å². The highest BCUT2D eigenvalue weighted by Crippen LogP contribution is 2.50. The van der Waals surface area contributed by atoms with Gasteiger partial charge in [0.2, 0.25) is 0 Å². The summed E-state index contributed by atoms with van der Waals surface area (Å²) in [7, 11) is 4.22. The molecule has 0 amide bonds. The van der Waals surface area contributed by atoms with Crippen molar-refractivity contribution in [3.05, 3.63) is 142 Å². The number of hydrazine groups is 1. The van der Waals surface area contributed by atoms with Crippen LogP contribution in [0.2, 0.25) is 0 Å². The Balaban J connectivity index is 1.35. The minimum Gasteiger partial charge on any atom is -0.334 e. The number of amidine groups is 4. The lowest BCUT2D eigenvalue weighted by molar-refractivity contribution is 0.0602. The van der Waals surface area contributed by atoms with Crippen LogP contribution in [0.3, 0.4) is 0 Å². The van der Waals surface area contributed by atoms with E-state index in [1.54, 1.807) is 0 Å². The van der Waals surface area contributed by atoms with Crippen molar-refractivity contribution in [1.82, 2.24) is 19.8 Å². The molecule has 202 valence electrons. The molecule has 6 heterocycles. The summed E-state index contributed by atoms with van der Waals surface area (Å²) in [6.07, 6.45) is -1.06. The first-order chi connectivity index (χ1) is 20.7. The van der Waals surface area contributed by atoms with Crippen LogP contribution in [0.1, 0.15) is 69.2 Å². The highest BCUT2D eigenvalue weighted by molar-refractivity contribution is 6.12. The van der Waals surface area contributed by atoms with Gasteiger partial charge in [-0.3, -0.25) is 0 Å². The molecule has 0 fully saturated rings. The summed E-state index contributed by atoms with van der Waals surface area (Å²) < 4.78 is 0. The largest absolute Gasteiger partial charge is 0.334 e. The summed E-state index contributed by atoms with van der Waals surface area (Å²) in [6, 6.07) is 34.2. The highest BCUT2D eigenvalue weighted by atomic mass is 15.7. The van der Waals surface area contributed by atoms with E-state index < -0.39 is 0 Å². The van der Waals surface area contributed by atoms with Crippen molar-refractivity contribution in [2.75, 3.05) is 14.1 Å². The maximum Gasteiger partial charge on any atom is 0.170 e. The fraction of sp³-hybridized carbons (Fsp3) is 0.176. The quantitative estimate of drug-likeness (QED) is 0.303. The third-order valence-corrected chi connectivity index (χ3v) is 9.43. The van der Waals surface area contributed by atoms with E-state index in [-0.39, 0.29) is 24.7 Å². The number of hydrogen-bond acceptors (Lipinski definition) is 8. The van der Waals surface area contributed by atoms with Crippen LogP contribution in [0.5, 0.6) is 0 Å². The van der Waals surface area contributed by atoms with Crippen LogP contribution in [-0.4, -0.2) is 57.3 Å². The topological polar surface area (TPSA) is 62.4 Å². The average molecular weight is 547 g/mol. The summed E-state index contributed by atoms with van der Waals surface area (Å²) in [5, 5.41) is 4.55. The lowest BCUT2D eigenvalue weighted by Crippen LogP contribution is -2.47. The van der Waals surface area contributed by atoms with Gasteiger partial charge in [0.25, 0.3) is 0 Å². The lowest BCUT2D eigenvalue weighted by Gasteiger charge is -2.37. The Morgan fingerprint density at radius 3 is 1.05 bits per heavy atom. The maximum atomic E-state index is 5.56. The average Bonchev–Trinajstić information content (AvgIpc) is 3.69. The van der Waals surface area contributed by atoms with Crippen LogP contribution in [-0.2, 0) is 0 Å². The molecule has 4 atom stereocenters. The molecule has 4 aromatic rings. The van der Waals surface area contributed by atoms with E-state index in [4.69, 9.17) is 20.0 Å². The second kappa shape index (κ2) is 7.73. The first-order valence-corrected chi connectivity index (χ1v) is 14.4. The van der Waals surface area contributed by atoms with Crippen molar-refractivity contribution in [3.63, 3.8) is 0 Å². The summed E-state index contributed by atoms with van der Waals surface area (Å²) in [6.45, 7) is 0. The fourth-order valence-electron chi connectivity index (χ4n) is 7.52. The molecule has 0 saturated heterocycles. The predicted octanol–water partition coefficient (Wildman–Crippen LogP) is 5.23. The van der Waals surface area contributed by atoms with E-state index >= 15 is 0 Å². The Labute approximate surface area is 243 Å². The second-order valence-electron chi connectivity index (χ2n) is 11.6. The van der Waals surface area contributed by atoms with E-state index in [9.17, 15) is 0 Å². The van der Waals surface area contributed by atoms with Crippen molar-refractivity contribution >= 4 is 23.3 Å². The molecular formula is C34H26N8. The molecule has 42 heavy (non-hydrogen) atoms. The third kappa shape index (κ3) is 2.63. The molecule has 6 aliphatic rings. The summed E-state index contributed by atoms with van der Waals surface area (Å²) in [5.74, 6) is 3.68. The first-order valence-electron chi connectivity index (χ1n) is 14.4. The molecule has 4 unspecified atom stereocenters. The van der Waals surface area contributed by atoms with Gasteiger partial charge in [-0.25, -0.2) is 30.0 Å².